The van der Waals surface area contributed by atoms with E-state index in [9.17, 15) is 0 Å². The predicted octanol–water partition coefficient (Wildman–Crippen LogP) is 2.11. The zero-order valence-corrected chi connectivity index (χ0v) is 7.65. The minimum atomic E-state index is 0.385. The molecule has 1 nitrogen and oxygen atoms in total. The van der Waals surface area contributed by atoms with Gasteiger partial charge in [0.1, 0.15) is 0 Å². The first-order valence-electron chi connectivity index (χ1n) is 4.28. The van der Waals surface area contributed by atoms with Crippen molar-refractivity contribution in [1.29, 1.82) is 0 Å². The highest BCUT2D eigenvalue weighted by atomic mass is 15.1. The molecule has 0 atom stereocenters. The molecule has 58 valence electrons. The van der Waals surface area contributed by atoms with Crippen LogP contribution in [-0.4, -0.2) is 23.7 Å². The lowest BCUT2D eigenvalue weighted by Gasteiger charge is -2.34. The molecule has 1 fully saturated rings. The van der Waals surface area contributed by atoms with E-state index >= 15 is 0 Å². The van der Waals surface area contributed by atoms with E-state index in [1.165, 1.54) is 19.3 Å². The molecule has 1 rings (SSSR count). The van der Waals surface area contributed by atoms with E-state index in [0.29, 0.717) is 5.54 Å². The molecule has 0 radical (unpaired) electrons. The summed E-state index contributed by atoms with van der Waals surface area (Å²) in [5.41, 5.74) is 0.385. The van der Waals surface area contributed by atoms with Gasteiger partial charge in [0.2, 0.25) is 6.85 Å². The first-order valence-corrected chi connectivity index (χ1v) is 4.28. The van der Waals surface area contributed by atoms with Gasteiger partial charge in [-0.25, -0.2) is 0 Å². The number of hydrogen-bond donors (Lipinski definition) is 0. The minimum Gasteiger partial charge on any atom is -0.338 e. The van der Waals surface area contributed by atoms with Gasteiger partial charge in [0.15, 0.2) is 0 Å². The van der Waals surface area contributed by atoms with Crippen molar-refractivity contribution in [1.82, 2.24) is 4.81 Å². The maximum atomic E-state index is 2.59. The highest BCUT2D eigenvalue weighted by Crippen LogP contribution is 2.23. The van der Waals surface area contributed by atoms with Gasteiger partial charge in [-0.05, 0) is 33.7 Å². The highest BCUT2D eigenvalue weighted by molar-refractivity contribution is 6.55. The van der Waals surface area contributed by atoms with Crippen molar-refractivity contribution >= 4 is 6.85 Å². The molecule has 0 amide bonds. The Morgan fingerprint density at radius 2 is 1.90 bits per heavy atom. The first kappa shape index (κ1) is 8.12. The van der Waals surface area contributed by atoms with Crippen LogP contribution in [0.5, 0.6) is 0 Å². The van der Waals surface area contributed by atoms with E-state index in [1.807, 2.05) is 0 Å². The molecule has 0 aromatic carbocycles. The van der Waals surface area contributed by atoms with Crippen molar-refractivity contribution in [2.75, 3.05) is 6.54 Å². The number of rotatable bonds is 0. The topological polar surface area (TPSA) is 3.24 Å². The van der Waals surface area contributed by atoms with Gasteiger partial charge >= 0.3 is 0 Å². The molecule has 0 aromatic heterocycles. The van der Waals surface area contributed by atoms with E-state index < -0.39 is 0 Å². The van der Waals surface area contributed by atoms with Crippen LogP contribution < -0.4 is 0 Å². The molecular weight excluding hydrogens is 121 g/mol. The van der Waals surface area contributed by atoms with Gasteiger partial charge < -0.3 is 4.81 Å². The quantitative estimate of drug-likeness (QED) is 0.464. The van der Waals surface area contributed by atoms with Crippen LogP contribution in [0.25, 0.3) is 0 Å². The lowest BCUT2D eigenvalue weighted by Crippen LogP contribution is -2.45. The van der Waals surface area contributed by atoms with Gasteiger partial charge in [-0.1, -0.05) is 13.1 Å². The maximum Gasteiger partial charge on any atom is 0.220 e. The fourth-order valence-corrected chi connectivity index (χ4v) is 1.93. The van der Waals surface area contributed by atoms with Crippen LogP contribution >= 0.6 is 0 Å². The summed E-state index contributed by atoms with van der Waals surface area (Å²) < 4.78 is 0. The summed E-state index contributed by atoms with van der Waals surface area (Å²) in [6.45, 7) is 11.3. The Kier molecular flexibility index (Phi) is 2.09. The Morgan fingerprint density at radius 1 is 1.30 bits per heavy atom. The molecular formula is C8H18BN. The van der Waals surface area contributed by atoms with Crippen LogP contribution in [0.4, 0.5) is 0 Å². The molecule has 1 aliphatic heterocycles. The van der Waals surface area contributed by atoms with Gasteiger partial charge in [0.25, 0.3) is 0 Å². The van der Waals surface area contributed by atoms with Crippen molar-refractivity contribution in [3.8, 4) is 0 Å². The van der Waals surface area contributed by atoms with Crippen LogP contribution in [0.1, 0.15) is 27.2 Å². The monoisotopic (exact) mass is 139 g/mol. The number of nitrogens with zero attached hydrogens (tertiary/aromatic N) is 1. The zero-order valence-electron chi connectivity index (χ0n) is 7.65. The summed E-state index contributed by atoms with van der Waals surface area (Å²) in [4.78, 5) is 2.59. The van der Waals surface area contributed by atoms with Gasteiger partial charge in [-0.3, -0.25) is 0 Å². The molecule has 1 aliphatic rings. The number of hydrogen-bond acceptors (Lipinski definition) is 1. The summed E-state index contributed by atoms with van der Waals surface area (Å²) >= 11 is 0. The van der Waals surface area contributed by atoms with E-state index in [0.717, 1.165) is 6.85 Å². The standard InChI is InChI=1S/C8H18BN/c1-8(2,3)10-7-5-6-9(10)4/h5-7H2,1-4H3. The van der Waals surface area contributed by atoms with E-state index in [2.05, 4.69) is 32.4 Å². The molecule has 0 unspecified atom stereocenters. The Morgan fingerprint density at radius 3 is 2.10 bits per heavy atom. The van der Waals surface area contributed by atoms with Gasteiger partial charge in [0, 0.05) is 5.54 Å². The van der Waals surface area contributed by atoms with Gasteiger partial charge in [-0.2, -0.15) is 0 Å². The van der Waals surface area contributed by atoms with Crippen LogP contribution in [0.2, 0.25) is 13.1 Å². The molecule has 0 N–H and O–H groups in total. The van der Waals surface area contributed by atoms with Crippen molar-refractivity contribution in [2.45, 2.75) is 45.9 Å². The van der Waals surface area contributed by atoms with E-state index in [4.69, 9.17) is 0 Å². The fraction of sp³-hybridized carbons (Fsp3) is 1.00. The smallest absolute Gasteiger partial charge is 0.220 e. The maximum absolute atomic E-state index is 2.59. The third-order valence-corrected chi connectivity index (χ3v) is 2.41. The average molecular weight is 139 g/mol. The molecule has 2 heteroatoms. The summed E-state index contributed by atoms with van der Waals surface area (Å²) in [6, 6.07) is 0. The summed E-state index contributed by atoms with van der Waals surface area (Å²) in [7, 11) is 0. The third-order valence-electron chi connectivity index (χ3n) is 2.41. The average Bonchev–Trinajstić information content (AvgIpc) is 2.11. The zero-order chi connectivity index (χ0) is 7.78. The largest absolute Gasteiger partial charge is 0.338 e. The van der Waals surface area contributed by atoms with Crippen molar-refractivity contribution < 1.29 is 0 Å². The lowest BCUT2D eigenvalue weighted by atomic mass is 9.61. The van der Waals surface area contributed by atoms with Crippen LogP contribution in [0.15, 0.2) is 0 Å². The van der Waals surface area contributed by atoms with Crippen LogP contribution in [0.3, 0.4) is 0 Å². The molecule has 0 aliphatic carbocycles. The Hall–Kier alpha value is 0.0249. The summed E-state index contributed by atoms with van der Waals surface area (Å²) in [5.74, 6) is 0. The molecule has 0 saturated carbocycles. The molecule has 1 saturated heterocycles. The second-order valence-corrected chi connectivity index (χ2v) is 4.36. The predicted molar refractivity (Wildman–Crippen MR) is 47.5 cm³/mol. The summed E-state index contributed by atoms with van der Waals surface area (Å²) in [5, 5.41) is 0. The van der Waals surface area contributed by atoms with Gasteiger partial charge in [0.05, 0.1) is 0 Å². The Labute approximate surface area is 64.9 Å². The van der Waals surface area contributed by atoms with Crippen molar-refractivity contribution in [3.63, 3.8) is 0 Å². The SMILES string of the molecule is CB1CCCN1C(C)(C)C. The summed E-state index contributed by atoms with van der Waals surface area (Å²) in [6.07, 6.45) is 2.77. The van der Waals surface area contributed by atoms with Crippen LogP contribution in [0, 0.1) is 0 Å². The first-order chi connectivity index (χ1) is 4.52. The van der Waals surface area contributed by atoms with Gasteiger partial charge in [-0.15, -0.1) is 0 Å². The Balaban J connectivity index is 2.55. The van der Waals surface area contributed by atoms with E-state index in [1.54, 1.807) is 0 Å². The molecule has 0 bridgehead atoms. The fourth-order valence-electron chi connectivity index (χ4n) is 1.93. The van der Waals surface area contributed by atoms with Crippen LogP contribution in [-0.2, 0) is 0 Å². The lowest BCUT2D eigenvalue weighted by molar-refractivity contribution is 0.266. The highest BCUT2D eigenvalue weighted by Gasteiger charge is 2.31. The third kappa shape index (κ3) is 1.54. The van der Waals surface area contributed by atoms with E-state index in [-0.39, 0.29) is 0 Å². The normalized spacial score (nSPS) is 22.2. The minimum absolute atomic E-state index is 0.385. The molecule has 0 aromatic rings. The second-order valence-electron chi connectivity index (χ2n) is 4.36. The van der Waals surface area contributed by atoms with Crippen molar-refractivity contribution in [3.05, 3.63) is 0 Å². The van der Waals surface area contributed by atoms with Crippen molar-refractivity contribution in [2.24, 2.45) is 0 Å². The molecule has 1 heterocycles. The molecule has 10 heavy (non-hydrogen) atoms. The molecule has 0 spiro atoms. The second kappa shape index (κ2) is 2.57. The Bertz CT molecular complexity index is 117.